The Morgan fingerprint density at radius 3 is 2.16 bits per heavy atom. The summed E-state index contributed by atoms with van der Waals surface area (Å²) in [6, 6.07) is 7.11. The van der Waals surface area contributed by atoms with Crippen LogP contribution in [0.4, 0.5) is 4.39 Å². The fraction of sp³-hybridized carbons (Fsp3) is 0.680. The molecule has 3 aliphatic rings. The first kappa shape index (κ1) is 22.3. The maximum absolute atomic E-state index is 13.1. The molecule has 1 N–H and O–H groups in total. The van der Waals surface area contributed by atoms with Crippen LogP contribution < -0.4 is 5.32 Å². The molecule has 6 heteroatoms. The lowest BCUT2D eigenvalue weighted by molar-refractivity contribution is -0.132. The van der Waals surface area contributed by atoms with Gasteiger partial charge < -0.3 is 15.1 Å². The van der Waals surface area contributed by atoms with E-state index in [0.29, 0.717) is 18.5 Å². The van der Waals surface area contributed by atoms with Crippen LogP contribution in [0.5, 0.6) is 0 Å². The van der Waals surface area contributed by atoms with E-state index in [1.807, 2.05) is 4.90 Å². The Hall–Kier alpha value is -1.95. The first-order valence-corrected chi connectivity index (χ1v) is 12.1. The SMILES string of the molecule is O=C(NC1CCCCC1)C1CCN(C2CCN(C(=O)Cc3ccc(F)cc3)CC2)CC1. The van der Waals surface area contributed by atoms with Crippen LogP contribution in [0.3, 0.4) is 0 Å². The van der Waals surface area contributed by atoms with Gasteiger partial charge in [-0.1, -0.05) is 31.4 Å². The van der Waals surface area contributed by atoms with Gasteiger partial charge in [0.25, 0.3) is 0 Å². The van der Waals surface area contributed by atoms with Crippen molar-refractivity contribution in [2.45, 2.75) is 76.3 Å². The zero-order valence-electron chi connectivity index (χ0n) is 18.5. The van der Waals surface area contributed by atoms with Crippen molar-refractivity contribution in [3.63, 3.8) is 0 Å². The minimum absolute atomic E-state index is 0.128. The fourth-order valence-electron chi connectivity index (χ4n) is 5.46. The molecule has 4 rings (SSSR count). The van der Waals surface area contributed by atoms with Crippen molar-refractivity contribution in [2.75, 3.05) is 26.2 Å². The molecule has 1 aliphatic carbocycles. The zero-order valence-corrected chi connectivity index (χ0v) is 18.5. The van der Waals surface area contributed by atoms with Gasteiger partial charge in [-0.15, -0.1) is 0 Å². The molecule has 2 saturated heterocycles. The van der Waals surface area contributed by atoms with Crippen molar-refractivity contribution >= 4 is 11.8 Å². The van der Waals surface area contributed by atoms with E-state index in [4.69, 9.17) is 0 Å². The highest BCUT2D eigenvalue weighted by Gasteiger charge is 2.32. The predicted octanol–water partition coefficient (Wildman–Crippen LogP) is 3.52. The number of piperidine rings is 2. The van der Waals surface area contributed by atoms with Crippen molar-refractivity contribution in [3.05, 3.63) is 35.6 Å². The molecule has 0 aromatic heterocycles. The zero-order chi connectivity index (χ0) is 21.6. The van der Waals surface area contributed by atoms with Crippen molar-refractivity contribution < 1.29 is 14.0 Å². The van der Waals surface area contributed by atoms with Crippen LogP contribution >= 0.6 is 0 Å². The van der Waals surface area contributed by atoms with Gasteiger partial charge in [0.1, 0.15) is 5.82 Å². The lowest BCUT2D eigenvalue weighted by atomic mass is 9.91. The van der Waals surface area contributed by atoms with Gasteiger partial charge in [-0.25, -0.2) is 4.39 Å². The topological polar surface area (TPSA) is 52.7 Å². The van der Waals surface area contributed by atoms with Crippen molar-refractivity contribution in [1.29, 1.82) is 0 Å². The number of likely N-dealkylation sites (tertiary alicyclic amines) is 2. The fourth-order valence-corrected chi connectivity index (χ4v) is 5.46. The standard InChI is InChI=1S/C25H36FN3O2/c26-21-8-6-19(7-9-21)18-24(30)29-16-12-23(13-17-29)28-14-10-20(11-15-28)25(31)27-22-4-2-1-3-5-22/h6-9,20,22-23H,1-5,10-18H2,(H,27,31). The van der Waals surface area contributed by atoms with Gasteiger partial charge in [-0.05, 0) is 69.3 Å². The molecule has 1 aromatic rings. The van der Waals surface area contributed by atoms with Crippen LogP contribution in [0.2, 0.25) is 0 Å². The maximum Gasteiger partial charge on any atom is 0.226 e. The quantitative estimate of drug-likeness (QED) is 0.779. The highest BCUT2D eigenvalue weighted by Crippen LogP contribution is 2.25. The van der Waals surface area contributed by atoms with Crippen molar-refractivity contribution in [3.8, 4) is 0 Å². The molecule has 2 aliphatic heterocycles. The van der Waals surface area contributed by atoms with Gasteiger partial charge in [-0.3, -0.25) is 9.59 Å². The number of carbonyl (C=O) groups excluding carboxylic acids is 2. The number of amides is 2. The number of hydrogen-bond donors (Lipinski definition) is 1. The number of nitrogens with zero attached hydrogens (tertiary/aromatic N) is 2. The molecule has 0 unspecified atom stereocenters. The van der Waals surface area contributed by atoms with E-state index in [-0.39, 0.29) is 23.5 Å². The average molecular weight is 430 g/mol. The van der Waals surface area contributed by atoms with E-state index in [0.717, 1.165) is 70.3 Å². The molecule has 31 heavy (non-hydrogen) atoms. The van der Waals surface area contributed by atoms with E-state index in [1.165, 1.54) is 31.4 Å². The smallest absolute Gasteiger partial charge is 0.226 e. The van der Waals surface area contributed by atoms with Gasteiger partial charge in [0, 0.05) is 31.1 Å². The Bertz CT molecular complexity index is 732. The van der Waals surface area contributed by atoms with Gasteiger partial charge in [0.15, 0.2) is 0 Å². The number of carbonyl (C=O) groups is 2. The number of hydrogen-bond acceptors (Lipinski definition) is 3. The third-order valence-electron chi connectivity index (χ3n) is 7.45. The van der Waals surface area contributed by atoms with Crippen LogP contribution in [-0.2, 0) is 16.0 Å². The van der Waals surface area contributed by atoms with Crippen LogP contribution in [0.15, 0.2) is 24.3 Å². The molecule has 0 radical (unpaired) electrons. The Kier molecular flexibility index (Phi) is 7.59. The monoisotopic (exact) mass is 429 g/mol. The molecule has 5 nitrogen and oxygen atoms in total. The number of rotatable bonds is 5. The highest BCUT2D eigenvalue weighted by molar-refractivity contribution is 5.79. The molecule has 1 saturated carbocycles. The Balaban J connectivity index is 1.17. The molecular formula is C25H36FN3O2. The largest absolute Gasteiger partial charge is 0.353 e. The molecule has 2 heterocycles. The summed E-state index contributed by atoms with van der Waals surface area (Å²) >= 11 is 0. The summed E-state index contributed by atoms with van der Waals surface area (Å²) in [4.78, 5) is 29.7. The van der Waals surface area contributed by atoms with E-state index in [2.05, 4.69) is 10.2 Å². The summed E-state index contributed by atoms with van der Waals surface area (Å²) in [6.45, 7) is 3.54. The molecule has 1 aromatic carbocycles. The molecule has 3 fully saturated rings. The normalized spacial score (nSPS) is 22.4. The number of halogens is 1. The van der Waals surface area contributed by atoms with Crippen LogP contribution in [-0.4, -0.2) is 59.9 Å². The van der Waals surface area contributed by atoms with E-state index >= 15 is 0 Å². The molecule has 2 amide bonds. The summed E-state index contributed by atoms with van der Waals surface area (Å²) < 4.78 is 13.1. The second kappa shape index (κ2) is 10.6. The lowest BCUT2D eigenvalue weighted by Gasteiger charge is -2.41. The minimum Gasteiger partial charge on any atom is -0.353 e. The van der Waals surface area contributed by atoms with Crippen LogP contribution in [0.1, 0.15) is 63.4 Å². The molecule has 0 bridgehead atoms. The van der Waals surface area contributed by atoms with Gasteiger partial charge in [0.05, 0.1) is 6.42 Å². The van der Waals surface area contributed by atoms with Crippen molar-refractivity contribution in [1.82, 2.24) is 15.1 Å². The summed E-state index contributed by atoms with van der Waals surface area (Å²) in [5.41, 5.74) is 0.863. The summed E-state index contributed by atoms with van der Waals surface area (Å²) in [6.07, 6.45) is 10.3. The number of nitrogens with one attached hydrogen (secondary N) is 1. The van der Waals surface area contributed by atoms with E-state index in [1.54, 1.807) is 12.1 Å². The second-order valence-corrected chi connectivity index (χ2v) is 9.57. The molecule has 0 atom stereocenters. The summed E-state index contributed by atoms with van der Waals surface area (Å²) in [5, 5.41) is 3.30. The molecular weight excluding hydrogens is 393 g/mol. The maximum atomic E-state index is 13.1. The lowest BCUT2D eigenvalue weighted by Crippen LogP contribution is -2.51. The van der Waals surface area contributed by atoms with Gasteiger partial charge in [-0.2, -0.15) is 0 Å². The van der Waals surface area contributed by atoms with Crippen LogP contribution in [0, 0.1) is 11.7 Å². The van der Waals surface area contributed by atoms with Crippen molar-refractivity contribution in [2.24, 2.45) is 5.92 Å². The Morgan fingerprint density at radius 1 is 0.871 bits per heavy atom. The van der Waals surface area contributed by atoms with E-state index < -0.39 is 0 Å². The molecule has 0 spiro atoms. The molecule has 170 valence electrons. The van der Waals surface area contributed by atoms with E-state index in [9.17, 15) is 14.0 Å². The average Bonchev–Trinajstić information content (AvgIpc) is 2.81. The van der Waals surface area contributed by atoms with Gasteiger partial charge in [0.2, 0.25) is 11.8 Å². The Morgan fingerprint density at radius 2 is 1.52 bits per heavy atom. The van der Waals surface area contributed by atoms with Gasteiger partial charge >= 0.3 is 0 Å². The third-order valence-corrected chi connectivity index (χ3v) is 7.45. The predicted molar refractivity (Wildman–Crippen MR) is 119 cm³/mol. The first-order valence-electron chi connectivity index (χ1n) is 12.1. The Labute approximate surface area is 185 Å². The third kappa shape index (κ3) is 6.06. The van der Waals surface area contributed by atoms with Crippen LogP contribution in [0.25, 0.3) is 0 Å². The highest BCUT2D eigenvalue weighted by atomic mass is 19.1. The summed E-state index contributed by atoms with van der Waals surface area (Å²) in [7, 11) is 0. The second-order valence-electron chi connectivity index (χ2n) is 9.57. The summed E-state index contributed by atoms with van der Waals surface area (Å²) in [5.74, 6) is 0.290. The first-order chi connectivity index (χ1) is 15.1. The minimum atomic E-state index is -0.271. The number of benzene rings is 1.